The van der Waals surface area contributed by atoms with Crippen LogP contribution in [0.1, 0.15) is 12.5 Å². The van der Waals surface area contributed by atoms with Crippen molar-refractivity contribution < 1.29 is 27.4 Å². The Bertz CT molecular complexity index is 736. The van der Waals surface area contributed by atoms with E-state index in [4.69, 9.17) is 9.47 Å². The van der Waals surface area contributed by atoms with Gasteiger partial charge in [0.15, 0.2) is 0 Å². The fourth-order valence-corrected chi connectivity index (χ4v) is 2.10. The zero-order valence-corrected chi connectivity index (χ0v) is 14.1. The normalized spacial score (nSPS) is 10.9. The van der Waals surface area contributed by atoms with E-state index in [9.17, 15) is 18.0 Å². The average molecular weight is 368 g/mol. The highest BCUT2D eigenvalue weighted by molar-refractivity contribution is 5.89. The number of carbonyl (C=O) groups excluding carboxylic acids is 1. The smallest absolute Gasteiger partial charge is 0.416 e. The number of alkyl halides is 3. The highest BCUT2D eigenvalue weighted by Crippen LogP contribution is 2.30. The first-order chi connectivity index (χ1) is 12.4. The number of nitrogens with one attached hydrogen (secondary N) is 2. The van der Waals surface area contributed by atoms with Crippen molar-refractivity contribution in [2.24, 2.45) is 0 Å². The highest BCUT2D eigenvalue weighted by Gasteiger charge is 2.30. The van der Waals surface area contributed by atoms with Crippen LogP contribution >= 0.6 is 0 Å². The monoisotopic (exact) mass is 368 g/mol. The molecule has 0 radical (unpaired) electrons. The predicted molar refractivity (Wildman–Crippen MR) is 91.6 cm³/mol. The van der Waals surface area contributed by atoms with E-state index in [0.717, 1.165) is 12.1 Å². The number of hydrogen-bond donors (Lipinski definition) is 2. The Hall–Kier alpha value is -2.90. The van der Waals surface area contributed by atoms with Gasteiger partial charge in [-0.2, -0.15) is 13.2 Å². The molecule has 2 aromatic rings. The summed E-state index contributed by atoms with van der Waals surface area (Å²) in [5.74, 6) is 1.27. The summed E-state index contributed by atoms with van der Waals surface area (Å²) >= 11 is 0. The molecule has 0 bridgehead atoms. The molecular weight excluding hydrogens is 349 g/mol. The number of carbonyl (C=O) groups is 1. The van der Waals surface area contributed by atoms with E-state index in [1.165, 1.54) is 12.1 Å². The molecule has 2 N–H and O–H groups in total. The van der Waals surface area contributed by atoms with E-state index in [-0.39, 0.29) is 18.8 Å². The maximum absolute atomic E-state index is 12.6. The van der Waals surface area contributed by atoms with Gasteiger partial charge in [-0.1, -0.05) is 12.1 Å². The second-order valence-electron chi connectivity index (χ2n) is 5.22. The molecule has 26 heavy (non-hydrogen) atoms. The summed E-state index contributed by atoms with van der Waals surface area (Å²) in [7, 11) is 0. The molecular formula is C18H19F3N2O3. The molecule has 2 aromatic carbocycles. The minimum absolute atomic E-state index is 0.0580. The van der Waals surface area contributed by atoms with Gasteiger partial charge in [-0.3, -0.25) is 0 Å². The molecule has 140 valence electrons. The number of halogens is 3. The zero-order valence-electron chi connectivity index (χ0n) is 14.1. The minimum Gasteiger partial charge on any atom is -0.494 e. The number of amides is 2. The average Bonchev–Trinajstić information content (AvgIpc) is 2.59. The van der Waals surface area contributed by atoms with Gasteiger partial charge in [-0.05, 0) is 37.3 Å². The molecule has 0 saturated carbocycles. The van der Waals surface area contributed by atoms with Crippen molar-refractivity contribution in [2.45, 2.75) is 13.1 Å². The molecule has 0 atom stereocenters. The summed E-state index contributed by atoms with van der Waals surface area (Å²) in [6, 6.07) is 10.9. The van der Waals surface area contributed by atoms with Gasteiger partial charge in [0.1, 0.15) is 18.1 Å². The number of rotatable bonds is 7. The van der Waals surface area contributed by atoms with Crippen LogP contribution in [0.25, 0.3) is 0 Å². The Labute approximate surface area is 149 Å². The van der Waals surface area contributed by atoms with E-state index in [1.54, 1.807) is 24.3 Å². The number of benzene rings is 2. The Morgan fingerprint density at radius 2 is 1.73 bits per heavy atom. The molecule has 0 aliphatic rings. The van der Waals surface area contributed by atoms with Gasteiger partial charge in [-0.15, -0.1) is 0 Å². The van der Waals surface area contributed by atoms with E-state index in [0.29, 0.717) is 18.1 Å². The van der Waals surface area contributed by atoms with Crippen LogP contribution in [-0.2, 0) is 6.18 Å². The lowest BCUT2D eigenvalue weighted by atomic mass is 10.2. The summed E-state index contributed by atoms with van der Waals surface area (Å²) in [5.41, 5.74) is -0.768. The van der Waals surface area contributed by atoms with Gasteiger partial charge < -0.3 is 20.1 Å². The van der Waals surface area contributed by atoms with Crippen molar-refractivity contribution in [1.29, 1.82) is 0 Å². The first-order valence-corrected chi connectivity index (χ1v) is 7.96. The number of anilines is 1. The van der Waals surface area contributed by atoms with Gasteiger partial charge in [0, 0.05) is 11.8 Å². The molecule has 8 heteroatoms. The van der Waals surface area contributed by atoms with Gasteiger partial charge >= 0.3 is 12.2 Å². The fourth-order valence-electron chi connectivity index (χ4n) is 2.10. The molecule has 0 aromatic heterocycles. The largest absolute Gasteiger partial charge is 0.494 e. The molecule has 0 saturated heterocycles. The van der Waals surface area contributed by atoms with Crippen molar-refractivity contribution in [3.05, 3.63) is 54.1 Å². The molecule has 0 unspecified atom stereocenters. The summed E-state index contributed by atoms with van der Waals surface area (Å²) < 4.78 is 48.8. The lowest BCUT2D eigenvalue weighted by Gasteiger charge is -2.11. The maximum Gasteiger partial charge on any atom is 0.416 e. The molecule has 2 amide bonds. The summed E-state index contributed by atoms with van der Waals surface area (Å²) in [6.45, 7) is 2.80. The highest BCUT2D eigenvalue weighted by atomic mass is 19.4. The van der Waals surface area contributed by atoms with Crippen molar-refractivity contribution in [1.82, 2.24) is 5.32 Å². The summed E-state index contributed by atoms with van der Waals surface area (Å²) in [5, 5.41) is 4.87. The van der Waals surface area contributed by atoms with Crippen LogP contribution in [0, 0.1) is 0 Å². The second-order valence-corrected chi connectivity index (χ2v) is 5.22. The van der Waals surface area contributed by atoms with E-state index in [2.05, 4.69) is 10.6 Å². The number of urea groups is 1. The van der Waals surface area contributed by atoms with Gasteiger partial charge in [-0.25, -0.2) is 4.79 Å². The lowest BCUT2D eigenvalue weighted by molar-refractivity contribution is -0.137. The van der Waals surface area contributed by atoms with E-state index in [1.807, 2.05) is 6.92 Å². The third kappa shape index (κ3) is 6.19. The Morgan fingerprint density at radius 1 is 1.04 bits per heavy atom. The van der Waals surface area contributed by atoms with Crippen LogP contribution in [0.5, 0.6) is 11.5 Å². The van der Waals surface area contributed by atoms with Crippen LogP contribution in [0.2, 0.25) is 0 Å². The molecule has 5 nitrogen and oxygen atoms in total. The first kappa shape index (κ1) is 19.4. The molecule has 2 rings (SSSR count). The lowest BCUT2D eigenvalue weighted by Crippen LogP contribution is -2.32. The Morgan fingerprint density at radius 3 is 2.42 bits per heavy atom. The van der Waals surface area contributed by atoms with Crippen LogP contribution in [0.4, 0.5) is 23.7 Å². The van der Waals surface area contributed by atoms with Crippen molar-refractivity contribution >= 4 is 11.7 Å². The Kier molecular flexibility index (Phi) is 6.71. The number of ether oxygens (including phenoxy) is 2. The van der Waals surface area contributed by atoms with Crippen LogP contribution in [0.3, 0.4) is 0 Å². The van der Waals surface area contributed by atoms with Crippen molar-refractivity contribution in [2.75, 3.05) is 25.1 Å². The molecule has 0 spiro atoms. The van der Waals surface area contributed by atoms with Gasteiger partial charge in [0.05, 0.1) is 18.7 Å². The van der Waals surface area contributed by atoms with Crippen molar-refractivity contribution in [3.63, 3.8) is 0 Å². The van der Waals surface area contributed by atoms with Crippen molar-refractivity contribution in [3.8, 4) is 11.5 Å². The fraction of sp³-hybridized carbons (Fsp3) is 0.278. The summed E-state index contributed by atoms with van der Waals surface area (Å²) in [4.78, 5) is 11.7. The Balaban J connectivity index is 1.76. The quantitative estimate of drug-likeness (QED) is 0.716. The van der Waals surface area contributed by atoms with Gasteiger partial charge in [0.2, 0.25) is 0 Å². The number of hydrogen-bond acceptors (Lipinski definition) is 3. The minimum atomic E-state index is -4.46. The molecule has 0 aliphatic heterocycles. The predicted octanol–water partition coefficient (Wildman–Crippen LogP) is 4.30. The summed E-state index contributed by atoms with van der Waals surface area (Å²) in [6.07, 6.45) is -4.46. The third-order valence-electron chi connectivity index (χ3n) is 3.22. The van der Waals surface area contributed by atoms with Crippen LogP contribution in [0.15, 0.2) is 48.5 Å². The van der Waals surface area contributed by atoms with E-state index >= 15 is 0 Å². The topological polar surface area (TPSA) is 59.6 Å². The molecule has 0 aliphatic carbocycles. The standard InChI is InChI=1S/C18H19F3N2O3/c1-2-25-15-7-4-8-16(12-15)26-10-9-22-17(24)23-14-6-3-5-13(11-14)18(19,20)21/h3-8,11-12H,2,9-10H2,1H3,(H2,22,23,24). The van der Waals surface area contributed by atoms with E-state index < -0.39 is 17.8 Å². The maximum atomic E-state index is 12.6. The zero-order chi connectivity index (χ0) is 19.0. The first-order valence-electron chi connectivity index (χ1n) is 7.96. The van der Waals surface area contributed by atoms with Crippen LogP contribution < -0.4 is 20.1 Å². The van der Waals surface area contributed by atoms with Gasteiger partial charge in [0.25, 0.3) is 0 Å². The molecule has 0 fully saturated rings. The SMILES string of the molecule is CCOc1cccc(OCCNC(=O)Nc2cccc(C(F)(F)F)c2)c1. The third-order valence-corrected chi connectivity index (χ3v) is 3.22. The van der Waals surface area contributed by atoms with Crippen LogP contribution in [-0.4, -0.2) is 25.8 Å². The second kappa shape index (κ2) is 8.98. The molecule has 0 heterocycles.